The van der Waals surface area contributed by atoms with Crippen molar-refractivity contribution >= 4 is 0 Å². The summed E-state index contributed by atoms with van der Waals surface area (Å²) in [6.45, 7) is 11.9. The average molecular weight is 297 g/mol. The Bertz CT molecular complexity index is 196. The summed E-state index contributed by atoms with van der Waals surface area (Å²) in [6.07, 6.45) is 18.8. The van der Waals surface area contributed by atoms with Gasteiger partial charge in [-0.15, -0.1) is 0 Å². The topological polar surface area (TPSA) is 0 Å². The Labute approximate surface area is 136 Å². The summed E-state index contributed by atoms with van der Waals surface area (Å²) < 4.78 is 0. The molecule has 0 aromatic rings. The maximum atomic E-state index is 2.46. The molecule has 0 saturated heterocycles. The van der Waals surface area contributed by atoms with E-state index >= 15 is 0 Å². The van der Waals surface area contributed by atoms with Gasteiger partial charge in [-0.3, -0.25) is 0 Å². The molecule has 3 unspecified atom stereocenters. The van der Waals surface area contributed by atoms with E-state index in [9.17, 15) is 0 Å². The molecule has 0 N–H and O–H groups in total. The van der Waals surface area contributed by atoms with E-state index in [0.29, 0.717) is 0 Å². The summed E-state index contributed by atoms with van der Waals surface area (Å²) in [4.78, 5) is 0. The monoisotopic (exact) mass is 296 g/mol. The van der Waals surface area contributed by atoms with Gasteiger partial charge in [-0.25, -0.2) is 0 Å². The van der Waals surface area contributed by atoms with Crippen LogP contribution in [0.1, 0.15) is 118 Å². The fraction of sp³-hybridized carbons (Fsp3) is 1.00. The third kappa shape index (κ3) is 13.4. The molecule has 0 aliphatic carbocycles. The molecule has 0 aliphatic rings. The van der Waals surface area contributed by atoms with Crippen LogP contribution in [0, 0.1) is 17.8 Å². The van der Waals surface area contributed by atoms with Crippen LogP contribution in [0.25, 0.3) is 0 Å². The molecule has 0 aromatic carbocycles. The van der Waals surface area contributed by atoms with Gasteiger partial charge in [0.05, 0.1) is 0 Å². The van der Waals surface area contributed by atoms with Crippen LogP contribution >= 0.6 is 0 Å². The molecule has 128 valence electrons. The quantitative estimate of drug-likeness (QED) is 0.268. The van der Waals surface area contributed by atoms with Gasteiger partial charge in [0, 0.05) is 0 Å². The van der Waals surface area contributed by atoms with Crippen molar-refractivity contribution in [2.24, 2.45) is 17.8 Å². The first-order chi connectivity index (χ1) is 10.1. The van der Waals surface area contributed by atoms with Crippen LogP contribution in [0.4, 0.5) is 0 Å². The first kappa shape index (κ1) is 21.0. The van der Waals surface area contributed by atoms with Crippen LogP contribution < -0.4 is 0 Å². The molecule has 21 heavy (non-hydrogen) atoms. The maximum absolute atomic E-state index is 2.46. The van der Waals surface area contributed by atoms with Gasteiger partial charge in [0.2, 0.25) is 0 Å². The van der Waals surface area contributed by atoms with E-state index in [-0.39, 0.29) is 0 Å². The largest absolute Gasteiger partial charge is 0.0654 e. The molecule has 0 bridgehead atoms. The summed E-state index contributed by atoms with van der Waals surface area (Å²) in [5.41, 5.74) is 0. The molecule has 0 spiro atoms. The molecule has 0 rings (SSSR count). The molecular weight excluding hydrogens is 252 g/mol. The Morgan fingerprint density at radius 2 is 1.19 bits per heavy atom. The Morgan fingerprint density at radius 3 is 1.81 bits per heavy atom. The minimum absolute atomic E-state index is 0.921. The van der Waals surface area contributed by atoms with Crippen molar-refractivity contribution in [3.63, 3.8) is 0 Å². The lowest BCUT2D eigenvalue weighted by molar-refractivity contribution is 0.344. The Hall–Kier alpha value is 0. The normalized spacial score (nSPS) is 15.9. The van der Waals surface area contributed by atoms with Crippen LogP contribution in [-0.4, -0.2) is 0 Å². The second kappa shape index (κ2) is 14.9. The van der Waals surface area contributed by atoms with E-state index in [4.69, 9.17) is 0 Å². The molecule has 0 nitrogen and oxygen atoms in total. The van der Waals surface area contributed by atoms with Crippen molar-refractivity contribution < 1.29 is 0 Å². The van der Waals surface area contributed by atoms with Gasteiger partial charge < -0.3 is 0 Å². The fourth-order valence-corrected chi connectivity index (χ4v) is 3.49. The smallest absolute Gasteiger partial charge is 0.0417 e. The summed E-state index contributed by atoms with van der Waals surface area (Å²) in [5, 5.41) is 0. The average Bonchev–Trinajstić information content (AvgIpc) is 2.48. The zero-order valence-electron chi connectivity index (χ0n) is 15.9. The lowest BCUT2D eigenvalue weighted by Gasteiger charge is -2.18. The van der Waals surface area contributed by atoms with Gasteiger partial charge in [-0.1, -0.05) is 112 Å². The van der Waals surface area contributed by atoms with Crippen LogP contribution in [-0.2, 0) is 0 Å². The predicted molar refractivity (Wildman–Crippen MR) is 98.9 cm³/mol. The number of hydrogen-bond donors (Lipinski definition) is 0. The van der Waals surface area contributed by atoms with Crippen LogP contribution in [0.15, 0.2) is 0 Å². The minimum Gasteiger partial charge on any atom is -0.0654 e. The number of unbranched alkanes of at least 4 members (excludes halogenated alkanes) is 5. The van der Waals surface area contributed by atoms with Crippen molar-refractivity contribution in [2.45, 2.75) is 118 Å². The van der Waals surface area contributed by atoms with Crippen molar-refractivity contribution in [2.75, 3.05) is 0 Å². The van der Waals surface area contributed by atoms with Crippen molar-refractivity contribution in [3.05, 3.63) is 0 Å². The van der Waals surface area contributed by atoms with E-state index in [1.165, 1.54) is 83.5 Å². The highest BCUT2D eigenvalue weighted by atomic mass is 14.2. The third-order valence-electron chi connectivity index (χ3n) is 5.35. The standard InChI is InChI=1S/C21H44/c1-6-9-10-11-12-13-16-21(8-3)17-14-15-20(5)18-19(4)7-2/h19-21H,6-18H2,1-5H3. The highest BCUT2D eigenvalue weighted by Gasteiger charge is 2.10. The Balaban J connectivity index is 3.56. The third-order valence-corrected chi connectivity index (χ3v) is 5.35. The highest BCUT2D eigenvalue weighted by Crippen LogP contribution is 2.24. The first-order valence-electron chi connectivity index (χ1n) is 10.1. The molecule has 0 radical (unpaired) electrons. The van der Waals surface area contributed by atoms with Crippen molar-refractivity contribution in [1.29, 1.82) is 0 Å². The molecule has 0 aliphatic heterocycles. The SMILES string of the molecule is CCCCCCCCC(CC)CCCC(C)CC(C)CC. The number of hydrogen-bond acceptors (Lipinski definition) is 0. The lowest BCUT2D eigenvalue weighted by atomic mass is 9.88. The van der Waals surface area contributed by atoms with Gasteiger partial charge in [0.15, 0.2) is 0 Å². The maximum Gasteiger partial charge on any atom is -0.0417 e. The Kier molecular flexibility index (Phi) is 14.9. The van der Waals surface area contributed by atoms with Gasteiger partial charge in [-0.05, 0) is 24.2 Å². The molecular formula is C21H44. The van der Waals surface area contributed by atoms with E-state index < -0.39 is 0 Å². The second-order valence-electron chi connectivity index (χ2n) is 7.62. The highest BCUT2D eigenvalue weighted by molar-refractivity contribution is 4.63. The van der Waals surface area contributed by atoms with E-state index in [2.05, 4.69) is 34.6 Å². The van der Waals surface area contributed by atoms with Crippen LogP contribution in [0.5, 0.6) is 0 Å². The summed E-state index contributed by atoms with van der Waals surface area (Å²) in [7, 11) is 0. The fourth-order valence-electron chi connectivity index (χ4n) is 3.49. The molecule has 0 heterocycles. The second-order valence-corrected chi connectivity index (χ2v) is 7.62. The summed E-state index contributed by atoms with van der Waals surface area (Å²) in [5.74, 6) is 2.86. The zero-order valence-corrected chi connectivity index (χ0v) is 15.9. The van der Waals surface area contributed by atoms with Crippen LogP contribution in [0.3, 0.4) is 0 Å². The molecule has 0 amide bonds. The van der Waals surface area contributed by atoms with Gasteiger partial charge in [0.1, 0.15) is 0 Å². The van der Waals surface area contributed by atoms with Gasteiger partial charge in [0.25, 0.3) is 0 Å². The van der Waals surface area contributed by atoms with E-state index in [0.717, 1.165) is 17.8 Å². The minimum atomic E-state index is 0.921. The molecule has 3 atom stereocenters. The summed E-state index contributed by atoms with van der Waals surface area (Å²) >= 11 is 0. The molecule has 0 heteroatoms. The van der Waals surface area contributed by atoms with Crippen LogP contribution in [0.2, 0.25) is 0 Å². The van der Waals surface area contributed by atoms with Gasteiger partial charge >= 0.3 is 0 Å². The lowest BCUT2D eigenvalue weighted by Crippen LogP contribution is -2.04. The molecule has 0 saturated carbocycles. The molecule has 0 aromatic heterocycles. The first-order valence-corrected chi connectivity index (χ1v) is 10.1. The Morgan fingerprint density at radius 1 is 0.571 bits per heavy atom. The predicted octanol–water partition coefficient (Wildman–Crippen LogP) is 8.01. The van der Waals surface area contributed by atoms with Crippen molar-refractivity contribution in [1.82, 2.24) is 0 Å². The zero-order chi connectivity index (χ0) is 15.9. The van der Waals surface area contributed by atoms with Crippen molar-refractivity contribution in [3.8, 4) is 0 Å². The number of rotatable bonds is 15. The van der Waals surface area contributed by atoms with E-state index in [1.807, 2.05) is 0 Å². The van der Waals surface area contributed by atoms with Gasteiger partial charge in [-0.2, -0.15) is 0 Å². The molecule has 0 fully saturated rings. The van der Waals surface area contributed by atoms with E-state index in [1.54, 1.807) is 0 Å². The summed E-state index contributed by atoms with van der Waals surface area (Å²) in [6, 6.07) is 0.